The third kappa shape index (κ3) is 5.04. The van der Waals surface area contributed by atoms with Crippen molar-refractivity contribution in [1.29, 1.82) is 0 Å². The molecule has 0 aliphatic carbocycles. The summed E-state index contributed by atoms with van der Waals surface area (Å²) in [6, 6.07) is 11.2. The van der Waals surface area contributed by atoms with E-state index in [9.17, 15) is 4.79 Å². The molecule has 1 amide bonds. The van der Waals surface area contributed by atoms with E-state index in [1.54, 1.807) is 0 Å². The molecule has 6 nitrogen and oxygen atoms in total. The first-order valence-corrected chi connectivity index (χ1v) is 11.0. The highest BCUT2D eigenvalue weighted by Gasteiger charge is 2.30. The Morgan fingerprint density at radius 2 is 1.79 bits per heavy atom. The second-order valence-electron chi connectivity index (χ2n) is 8.21. The average Bonchev–Trinajstić information content (AvgIpc) is 2.79. The van der Waals surface area contributed by atoms with Crippen molar-refractivity contribution in [3.05, 3.63) is 30.3 Å². The average molecular weight is 387 g/mol. The summed E-state index contributed by atoms with van der Waals surface area (Å²) in [5, 5.41) is 1.98. The zero-order valence-corrected chi connectivity index (χ0v) is 17.0. The zero-order chi connectivity index (χ0) is 19.2. The lowest BCUT2D eigenvalue weighted by Crippen LogP contribution is -2.56. The Morgan fingerprint density at radius 1 is 0.964 bits per heavy atom. The second kappa shape index (κ2) is 9.72. The van der Waals surface area contributed by atoms with Gasteiger partial charge in [0.25, 0.3) is 0 Å². The fraction of sp³-hybridized carbons (Fsp3) is 0.682. The number of hydrogen-bond donors (Lipinski definition) is 0. The highest BCUT2D eigenvalue weighted by molar-refractivity contribution is 5.76. The van der Waals surface area contributed by atoms with Crippen molar-refractivity contribution in [1.82, 2.24) is 14.9 Å². The lowest BCUT2D eigenvalue weighted by molar-refractivity contribution is -0.182. The van der Waals surface area contributed by atoms with Gasteiger partial charge in [0.05, 0.1) is 6.61 Å². The second-order valence-corrected chi connectivity index (χ2v) is 8.21. The van der Waals surface area contributed by atoms with Gasteiger partial charge in [-0.1, -0.05) is 18.2 Å². The molecule has 3 saturated heterocycles. The number of amides is 1. The van der Waals surface area contributed by atoms with Crippen LogP contribution in [-0.4, -0.2) is 85.8 Å². The largest absolute Gasteiger partial charge is 0.369 e. The molecule has 4 rings (SSSR count). The van der Waals surface area contributed by atoms with Gasteiger partial charge in [0, 0.05) is 70.5 Å². The highest BCUT2D eigenvalue weighted by atomic mass is 16.7. The van der Waals surface area contributed by atoms with Gasteiger partial charge in [-0.05, 0) is 37.8 Å². The van der Waals surface area contributed by atoms with Gasteiger partial charge in [-0.25, -0.2) is 0 Å². The van der Waals surface area contributed by atoms with Crippen LogP contribution in [0.3, 0.4) is 0 Å². The van der Waals surface area contributed by atoms with Gasteiger partial charge >= 0.3 is 0 Å². The molecule has 3 aliphatic rings. The molecule has 3 fully saturated rings. The molecule has 0 aromatic heterocycles. The van der Waals surface area contributed by atoms with E-state index in [0.29, 0.717) is 18.4 Å². The molecule has 1 aromatic rings. The number of rotatable bonds is 5. The number of piperazine rings is 1. The van der Waals surface area contributed by atoms with Crippen LogP contribution >= 0.6 is 0 Å². The van der Waals surface area contributed by atoms with Crippen LogP contribution in [0.4, 0.5) is 5.69 Å². The third-order valence-corrected chi connectivity index (χ3v) is 6.35. The summed E-state index contributed by atoms with van der Waals surface area (Å²) in [6.07, 6.45) is 5.22. The fourth-order valence-corrected chi connectivity index (χ4v) is 4.67. The van der Waals surface area contributed by atoms with Crippen molar-refractivity contribution in [3.8, 4) is 0 Å². The van der Waals surface area contributed by atoms with E-state index in [1.807, 2.05) is 5.06 Å². The number of piperidine rings is 1. The Labute approximate surface area is 169 Å². The number of nitrogens with zero attached hydrogens (tertiary/aromatic N) is 4. The first-order valence-electron chi connectivity index (χ1n) is 11.0. The monoisotopic (exact) mass is 386 g/mol. The van der Waals surface area contributed by atoms with E-state index in [-0.39, 0.29) is 0 Å². The molecule has 3 heterocycles. The number of likely N-dealkylation sites (tertiary alicyclic amines) is 1. The summed E-state index contributed by atoms with van der Waals surface area (Å²) in [5.41, 5.74) is 1.32. The molecule has 0 bridgehead atoms. The minimum atomic E-state index is 0.293. The van der Waals surface area contributed by atoms with Crippen LogP contribution in [0, 0.1) is 0 Å². The molecule has 1 atom stereocenters. The van der Waals surface area contributed by atoms with Gasteiger partial charge < -0.3 is 9.80 Å². The third-order valence-electron chi connectivity index (χ3n) is 6.35. The maximum absolute atomic E-state index is 12.7. The molecule has 0 radical (unpaired) electrons. The van der Waals surface area contributed by atoms with Crippen molar-refractivity contribution in [2.75, 3.05) is 63.9 Å². The van der Waals surface area contributed by atoms with Gasteiger partial charge in [-0.2, -0.15) is 5.06 Å². The van der Waals surface area contributed by atoms with Crippen LogP contribution < -0.4 is 4.90 Å². The molecular formula is C22H34N4O2. The summed E-state index contributed by atoms with van der Waals surface area (Å²) >= 11 is 0. The number of benzene rings is 1. The number of para-hydroxylation sites is 1. The lowest BCUT2D eigenvalue weighted by Gasteiger charge is -2.44. The number of hydroxylamine groups is 2. The van der Waals surface area contributed by atoms with Crippen molar-refractivity contribution in [3.63, 3.8) is 0 Å². The number of anilines is 1. The van der Waals surface area contributed by atoms with Gasteiger partial charge in [0.2, 0.25) is 5.91 Å². The molecule has 0 N–H and O–H groups in total. The molecule has 1 aromatic carbocycles. The minimum Gasteiger partial charge on any atom is -0.369 e. The van der Waals surface area contributed by atoms with Crippen LogP contribution in [0.5, 0.6) is 0 Å². The lowest BCUT2D eigenvalue weighted by atomic mass is 10.0. The first kappa shape index (κ1) is 19.7. The highest BCUT2D eigenvalue weighted by Crippen LogP contribution is 2.21. The SMILES string of the molecule is O=C(CCN1CCCCO1)N1CCCC(N2CCN(c3ccccc3)CC2)C1. The maximum Gasteiger partial charge on any atom is 0.224 e. The maximum atomic E-state index is 12.7. The molecular weight excluding hydrogens is 352 g/mol. The Kier molecular flexibility index (Phi) is 6.83. The van der Waals surface area contributed by atoms with E-state index >= 15 is 0 Å². The topological polar surface area (TPSA) is 39.3 Å². The minimum absolute atomic E-state index is 0.293. The van der Waals surface area contributed by atoms with E-state index in [4.69, 9.17) is 4.84 Å². The normalized spacial score (nSPS) is 25.1. The summed E-state index contributed by atoms with van der Waals surface area (Å²) in [4.78, 5) is 25.5. The number of carbonyl (C=O) groups excluding carboxylic acids is 1. The van der Waals surface area contributed by atoms with E-state index in [1.165, 1.54) is 18.5 Å². The molecule has 28 heavy (non-hydrogen) atoms. The van der Waals surface area contributed by atoms with Gasteiger partial charge in [0.1, 0.15) is 0 Å². The van der Waals surface area contributed by atoms with Gasteiger partial charge in [-0.3, -0.25) is 14.5 Å². The summed E-state index contributed by atoms with van der Waals surface area (Å²) < 4.78 is 0. The predicted octanol–water partition coefficient (Wildman–Crippen LogP) is 2.22. The van der Waals surface area contributed by atoms with Gasteiger partial charge in [0.15, 0.2) is 0 Å². The zero-order valence-electron chi connectivity index (χ0n) is 17.0. The van der Waals surface area contributed by atoms with E-state index < -0.39 is 0 Å². The first-order chi connectivity index (χ1) is 13.8. The van der Waals surface area contributed by atoms with E-state index in [0.717, 1.165) is 71.8 Å². The Morgan fingerprint density at radius 3 is 2.54 bits per heavy atom. The molecule has 0 saturated carbocycles. The summed E-state index contributed by atoms with van der Waals surface area (Å²) in [7, 11) is 0. The van der Waals surface area contributed by atoms with E-state index in [2.05, 4.69) is 45.0 Å². The summed E-state index contributed by atoms with van der Waals surface area (Å²) in [5.74, 6) is 0.293. The predicted molar refractivity (Wildman–Crippen MR) is 111 cm³/mol. The molecule has 0 spiro atoms. The van der Waals surface area contributed by atoms with Crippen LogP contribution in [0.2, 0.25) is 0 Å². The van der Waals surface area contributed by atoms with Crippen LogP contribution in [0.15, 0.2) is 30.3 Å². The number of carbonyl (C=O) groups is 1. The van der Waals surface area contributed by atoms with Crippen LogP contribution in [0.1, 0.15) is 32.1 Å². The molecule has 3 aliphatic heterocycles. The van der Waals surface area contributed by atoms with Crippen molar-refractivity contribution in [2.24, 2.45) is 0 Å². The van der Waals surface area contributed by atoms with Crippen molar-refractivity contribution in [2.45, 2.75) is 38.1 Å². The quantitative estimate of drug-likeness (QED) is 0.776. The molecule has 1 unspecified atom stereocenters. The fourth-order valence-electron chi connectivity index (χ4n) is 4.67. The standard InChI is InChI=1S/C22H34N4O2/c27-22(10-13-26-12-4-5-18-28-26)25-11-6-9-21(19-25)24-16-14-23(15-17-24)20-7-2-1-3-8-20/h1-3,7-8,21H,4-6,9-19H2. The van der Waals surface area contributed by atoms with Crippen molar-refractivity contribution >= 4 is 11.6 Å². The molecule has 6 heteroatoms. The molecule has 154 valence electrons. The van der Waals surface area contributed by atoms with Crippen LogP contribution in [0.25, 0.3) is 0 Å². The Bertz CT molecular complexity index is 612. The smallest absolute Gasteiger partial charge is 0.224 e. The van der Waals surface area contributed by atoms with Crippen LogP contribution in [-0.2, 0) is 9.63 Å². The van der Waals surface area contributed by atoms with Gasteiger partial charge in [-0.15, -0.1) is 0 Å². The van der Waals surface area contributed by atoms with Crippen molar-refractivity contribution < 1.29 is 9.63 Å². The Hall–Kier alpha value is -1.63. The summed E-state index contributed by atoms with van der Waals surface area (Å²) in [6.45, 7) is 8.62. The Balaban J connectivity index is 1.23. The number of hydrogen-bond acceptors (Lipinski definition) is 5.